The number of hydrogen-bond donors (Lipinski definition) is 3. The van der Waals surface area contributed by atoms with Crippen LogP contribution in [0.3, 0.4) is 0 Å². The lowest BCUT2D eigenvalue weighted by atomic mass is 9.76. The van der Waals surface area contributed by atoms with Crippen LogP contribution in [-0.4, -0.2) is 37.6 Å². The Kier molecular flexibility index (Phi) is 10.7. The van der Waals surface area contributed by atoms with E-state index in [0.29, 0.717) is 36.2 Å². The highest BCUT2D eigenvalue weighted by Gasteiger charge is 2.37. The van der Waals surface area contributed by atoms with Crippen LogP contribution in [0.1, 0.15) is 46.3 Å². The van der Waals surface area contributed by atoms with Crippen LogP contribution in [0.5, 0.6) is 11.5 Å². The number of nitrogens with zero attached hydrogens (tertiary/aromatic N) is 1. The van der Waals surface area contributed by atoms with E-state index in [-0.39, 0.29) is 24.3 Å². The summed E-state index contributed by atoms with van der Waals surface area (Å²) in [6, 6.07) is 28.0. The second kappa shape index (κ2) is 15.8. The van der Waals surface area contributed by atoms with Gasteiger partial charge in [0.1, 0.15) is 30.3 Å². The Hall–Kier alpha value is -5.27. The molecule has 3 atom stereocenters. The zero-order chi connectivity index (χ0) is 37.0. The molecular formula is C42H38Cl2N4O5. The molecule has 4 aromatic carbocycles. The van der Waals surface area contributed by atoms with Gasteiger partial charge in [-0.25, -0.2) is 4.79 Å². The van der Waals surface area contributed by atoms with Gasteiger partial charge in [0.05, 0.1) is 46.9 Å². The number of nitrogens with one attached hydrogen (secondary N) is 3. The fourth-order valence-corrected chi connectivity index (χ4v) is 7.22. The molecule has 2 unspecified atom stereocenters. The van der Waals surface area contributed by atoms with E-state index in [1.807, 2.05) is 97.1 Å². The number of ether oxygens (including phenoxy) is 3. The summed E-state index contributed by atoms with van der Waals surface area (Å²) in [5, 5.41) is 20.9. The molecule has 0 saturated carbocycles. The van der Waals surface area contributed by atoms with E-state index in [2.05, 4.69) is 22.0 Å². The highest BCUT2D eigenvalue weighted by Crippen LogP contribution is 2.39. The highest BCUT2D eigenvalue weighted by atomic mass is 35.5. The minimum Gasteiger partial charge on any atom is -0.489 e. The van der Waals surface area contributed by atoms with Crippen LogP contribution in [0, 0.1) is 16.7 Å². The van der Waals surface area contributed by atoms with Crippen LogP contribution >= 0.6 is 23.2 Å². The molecule has 270 valence electrons. The Morgan fingerprint density at radius 3 is 2.47 bits per heavy atom. The van der Waals surface area contributed by atoms with Crippen molar-refractivity contribution >= 4 is 40.8 Å². The lowest BCUT2D eigenvalue weighted by molar-refractivity contribution is -0.145. The predicted octanol–water partition coefficient (Wildman–Crippen LogP) is 7.60. The molecule has 0 fully saturated rings. The average Bonchev–Trinajstić information content (AvgIpc) is 3.20. The molecule has 53 heavy (non-hydrogen) atoms. The van der Waals surface area contributed by atoms with Gasteiger partial charge in [-0.2, -0.15) is 5.26 Å². The zero-order valence-corrected chi connectivity index (χ0v) is 30.5. The molecule has 3 N–H and O–H groups in total. The summed E-state index contributed by atoms with van der Waals surface area (Å²) in [5.41, 5.74) is 4.85. The third-order valence-corrected chi connectivity index (χ3v) is 10.6. The summed E-state index contributed by atoms with van der Waals surface area (Å²) in [5.74, 6) is 0.541. The fraction of sp³-hybridized carbons (Fsp3) is 0.262. The number of allylic oxidation sites excluding steroid dienone is 4. The SMILES string of the molecule is COC(=O)[C@H](CC1(C#N)C=CC(c2ccccc2)C=C1)NC(=O)C1Cc2cc3c(cc2CN1)OC(c1ccc(OCc2ccc(Cl)c(Cl)c2)cc1)CN3. The molecule has 4 aromatic rings. The number of nitriles is 1. The van der Waals surface area contributed by atoms with Gasteiger partial charge in [0.25, 0.3) is 0 Å². The van der Waals surface area contributed by atoms with Crippen LogP contribution in [0.15, 0.2) is 109 Å². The molecule has 0 saturated heterocycles. The van der Waals surface area contributed by atoms with Crippen molar-refractivity contribution in [2.24, 2.45) is 5.41 Å². The van der Waals surface area contributed by atoms with Crippen molar-refractivity contribution < 1.29 is 23.8 Å². The molecule has 3 aliphatic rings. The fourth-order valence-electron chi connectivity index (χ4n) is 6.90. The van der Waals surface area contributed by atoms with E-state index in [9.17, 15) is 14.9 Å². The Bertz CT molecular complexity index is 2080. The predicted molar refractivity (Wildman–Crippen MR) is 204 cm³/mol. The monoisotopic (exact) mass is 748 g/mol. The summed E-state index contributed by atoms with van der Waals surface area (Å²) in [4.78, 5) is 26.5. The molecule has 1 amide bonds. The van der Waals surface area contributed by atoms with Crippen LogP contribution in [0.25, 0.3) is 0 Å². The minimum absolute atomic E-state index is 0.0198. The van der Waals surface area contributed by atoms with Gasteiger partial charge >= 0.3 is 5.97 Å². The Balaban J connectivity index is 0.963. The summed E-state index contributed by atoms with van der Waals surface area (Å²) >= 11 is 12.1. The topological polar surface area (TPSA) is 122 Å². The van der Waals surface area contributed by atoms with Crippen molar-refractivity contribution in [1.82, 2.24) is 10.6 Å². The number of esters is 1. The van der Waals surface area contributed by atoms with Crippen LogP contribution in [0.2, 0.25) is 10.0 Å². The summed E-state index contributed by atoms with van der Waals surface area (Å²) in [7, 11) is 1.28. The van der Waals surface area contributed by atoms with Crippen molar-refractivity contribution in [3.05, 3.63) is 147 Å². The molecule has 0 bridgehead atoms. The van der Waals surface area contributed by atoms with Gasteiger partial charge in [-0.05, 0) is 70.6 Å². The number of methoxy groups -OCH3 is 1. The zero-order valence-electron chi connectivity index (χ0n) is 29.0. The number of carbonyl (C=O) groups is 2. The first-order valence-electron chi connectivity index (χ1n) is 17.4. The second-order valence-electron chi connectivity index (χ2n) is 13.4. The molecule has 2 heterocycles. The summed E-state index contributed by atoms with van der Waals surface area (Å²) in [6.45, 7) is 1.37. The van der Waals surface area contributed by atoms with E-state index >= 15 is 0 Å². The van der Waals surface area contributed by atoms with Crippen molar-refractivity contribution in [3.63, 3.8) is 0 Å². The molecule has 1 aliphatic carbocycles. The maximum absolute atomic E-state index is 13.6. The third-order valence-electron chi connectivity index (χ3n) is 9.91. The quantitative estimate of drug-likeness (QED) is 0.112. The number of hydrogen-bond acceptors (Lipinski definition) is 8. The van der Waals surface area contributed by atoms with E-state index in [1.165, 1.54) is 7.11 Å². The minimum atomic E-state index is -1.07. The van der Waals surface area contributed by atoms with Gasteiger partial charge in [0.15, 0.2) is 0 Å². The van der Waals surface area contributed by atoms with E-state index in [4.69, 9.17) is 37.4 Å². The third kappa shape index (κ3) is 8.21. The first-order valence-corrected chi connectivity index (χ1v) is 18.2. The van der Waals surface area contributed by atoms with Crippen molar-refractivity contribution in [3.8, 4) is 17.6 Å². The van der Waals surface area contributed by atoms with Crippen LogP contribution in [-0.2, 0) is 33.9 Å². The van der Waals surface area contributed by atoms with Gasteiger partial charge in [0, 0.05) is 18.9 Å². The van der Waals surface area contributed by atoms with Gasteiger partial charge in [0.2, 0.25) is 5.91 Å². The average molecular weight is 750 g/mol. The van der Waals surface area contributed by atoms with Gasteiger partial charge < -0.3 is 30.2 Å². The van der Waals surface area contributed by atoms with Crippen LogP contribution < -0.4 is 25.4 Å². The van der Waals surface area contributed by atoms with Crippen LogP contribution in [0.4, 0.5) is 5.69 Å². The van der Waals surface area contributed by atoms with Gasteiger partial charge in [-0.15, -0.1) is 0 Å². The highest BCUT2D eigenvalue weighted by molar-refractivity contribution is 6.42. The number of benzene rings is 4. The molecule has 11 heteroatoms. The molecule has 7 rings (SSSR count). The number of carbonyl (C=O) groups excluding carboxylic acids is 2. The maximum Gasteiger partial charge on any atom is 0.328 e. The Morgan fingerprint density at radius 1 is 0.981 bits per heavy atom. The number of fused-ring (bicyclic) bond motifs is 2. The lowest BCUT2D eigenvalue weighted by Gasteiger charge is -2.32. The standard InChI is InChI=1S/C42H38Cl2N4O5/c1-51-41(50)37(21-42(25-45)15-13-28(14-16-42)27-5-3-2-4-6-27)48-40(49)36-19-30-18-35-38(20-31(30)22-46-36)53-39(23-47-35)29-8-10-32(11-9-29)52-24-26-7-12-33(43)34(44)17-26/h2-18,20,28,36-37,39,46-47H,19,21-24H2,1H3,(H,48,49)/t28?,36?,37-,39?,42?/m0/s1. The Morgan fingerprint density at radius 2 is 1.75 bits per heavy atom. The summed E-state index contributed by atoms with van der Waals surface area (Å²) in [6.07, 6.45) is 7.81. The van der Waals surface area contributed by atoms with E-state index in [0.717, 1.165) is 45.0 Å². The molecule has 0 spiro atoms. The molecule has 2 aliphatic heterocycles. The van der Waals surface area contributed by atoms with Gasteiger partial charge in [-0.3, -0.25) is 4.79 Å². The number of rotatable bonds is 10. The molecular weight excluding hydrogens is 711 g/mol. The van der Waals surface area contributed by atoms with Crippen molar-refractivity contribution in [2.45, 2.75) is 50.1 Å². The summed E-state index contributed by atoms with van der Waals surface area (Å²) < 4.78 is 17.4. The molecule has 9 nitrogen and oxygen atoms in total. The number of halogens is 2. The van der Waals surface area contributed by atoms with Crippen molar-refractivity contribution in [1.29, 1.82) is 5.26 Å². The Labute approximate surface area is 318 Å². The second-order valence-corrected chi connectivity index (χ2v) is 14.3. The number of amides is 1. The van der Waals surface area contributed by atoms with E-state index < -0.39 is 23.5 Å². The molecule has 0 radical (unpaired) electrons. The first-order chi connectivity index (χ1) is 25.7. The lowest BCUT2D eigenvalue weighted by Crippen LogP contribution is -2.53. The number of anilines is 1. The van der Waals surface area contributed by atoms with Crippen molar-refractivity contribution in [2.75, 3.05) is 19.0 Å². The van der Waals surface area contributed by atoms with E-state index in [1.54, 1.807) is 12.1 Å². The van der Waals surface area contributed by atoms with Gasteiger partial charge in [-0.1, -0.05) is 96.0 Å². The maximum atomic E-state index is 13.6. The molecule has 0 aromatic heterocycles. The normalized spacial score (nSPS) is 21.8. The first kappa shape index (κ1) is 36.1. The largest absolute Gasteiger partial charge is 0.489 e. The smallest absolute Gasteiger partial charge is 0.328 e.